The summed E-state index contributed by atoms with van der Waals surface area (Å²) in [5.74, 6) is -3.38. The number of dihydropyridines is 1. The highest BCUT2D eigenvalue weighted by molar-refractivity contribution is 6.00. The SMILES string of the molecule is CCOC(=O)C1=C(C)NC(COC(=O)c2ccccc2)=C(C(=O)OCC)C1c1ccccc1[N+](=O)[O-]. The number of nitrogens with one attached hydrogen (secondary N) is 1. The quantitative estimate of drug-likeness (QED) is 0.239. The number of esters is 3. The summed E-state index contributed by atoms with van der Waals surface area (Å²) in [6.45, 7) is 4.51. The van der Waals surface area contributed by atoms with E-state index in [1.54, 1.807) is 57.2 Å². The molecule has 188 valence electrons. The fourth-order valence-corrected chi connectivity index (χ4v) is 3.94. The van der Waals surface area contributed by atoms with Gasteiger partial charge in [0.05, 0.1) is 46.5 Å². The van der Waals surface area contributed by atoms with Gasteiger partial charge in [-0.1, -0.05) is 36.4 Å². The summed E-state index contributed by atoms with van der Waals surface area (Å²) >= 11 is 0. The highest BCUT2D eigenvalue weighted by Gasteiger charge is 2.41. The molecule has 2 aromatic rings. The van der Waals surface area contributed by atoms with Crippen LogP contribution in [0, 0.1) is 10.1 Å². The first-order valence-electron chi connectivity index (χ1n) is 11.3. The van der Waals surface area contributed by atoms with Gasteiger partial charge in [0.25, 0.3) is 5.69 Å². The van der Waals surface area contributed by atoms with Gasteiger partial charge < -0.3 is 19.5 Å². The van der Waals surface area contributed by atoms with Crippen molar-refractivity contribution < 1.29 is 33.5 Å². The number of nitro groups is 1. The lowest BCUT2D eigenvalue weighted by Crippen LogP contribution is -2.35. The second-order valence-electron chi connectivity index (χ2n) is 7.69. The molecule has 10 nitrogen and oxygen atoms in total. The van der Waals surface area contributed by atoms with Crippen LogP contribution in [-0.2, 0) is 23.8 Å². The normalized spacial score (nSPS) is 15.1. The highest BCUT2D eigenvalue weighted by atomic mass is 16.6. The van der Waals surface area contributed by atoms with E-state index in [0.29, 0.717) is 11.3 Å². The summed E-state index contributed by atoms with van der Waals surface area (Å²) in [6, 6.07) is 14.1. The summed E-state index contributed by atoms with van der Waals surface area (Å²) < 4.78 is 15.9. The minimum atomic E-state index is -1.20. The number of nitro benzene ring substituents is 1. The lowest BCUT2D eigenvalue weighted by Gasteiger charge is -2.31. The molecule has 1 atom stereocenters. The Hall–Kier alpha value is -4.47. The van der Waals surface area contributed by atoms with Crippen molar-refractivity contribution in [2.75, 3.05) is 19.8 Å². The Balaban J connectivity index is 2.17. The van der Waals surface area contributed by atoms with Crippen LogP contribution >= 0.6 is 0 Å². The Morgan fingerprint density at radius 2 is 1.44 bits per heavy atom. The van der Waals surface area contributed by atoms with Crippen LogP contribution in [0.5, 0.6) is 0 Å². The van der Waals surface area contributed by atoms with Crippen molar-refractivity contribution in [3.8, 4) is 0 Å². The highest BCUT2D eigenvalue weighted by Crippen LogP contribution is 2.42. The van der Waals surface area contributed by atoms with Crippen molar-refractivity contribution in [2.45, 2.75) is 26.7 Å². The maximum atomic E-state index is 13.2. The van der Waals surface area contributed by atoms with Crippen LogP contribution < -0.4 is 5.32 Å². The Labute approximate surface area is 207 Å². The molecule has 0 fully saturated rings. The standard InChI is InChI=1S/C26H26N2O8/c1-4-34-25(30)21-16(3)27-19(15-36-24(29)17-11-7-6-8-12-17)23(26(31)35-5-2)22(21)18-13-9-10-14-20(18)28(32)33/h6-14,22,27H,4-5,15H2,1-3H3. The summed E-state index contributed by atoms with van der Waals surface area (Å²) in [6.07, 6.45) is 0. The van der Waals surface area contributed by atoms with E-state index in [4.69, 9.17) is 14.2 Å². The van der Waals surface area contributed by atoms with E-state index in [2.05, 4.69) is 5.32 Å². The molecular weight excluding hydrogens is 468 g/mol. The number of carbonyl (C=O) groups excluding carboxylic acids is 3. The molecule has 2 aromatic carbocycles. The zero-order chi connectivity index (χ0) is 26.2. The number of rotatable bonds is 9. The number of allylic oxidation sites excluding steroid dienone is 1. The second kappa shape index (κ2) is 11.8. The number of benzene rings is 2. The van der Waals surface area contributed by atoms with E-state index < -0.39 is 28.7 Å². The third-order valence-electron chi connectivity index (χ3n) is 5.44. The minimum absolute atomic E-state index is 0.0143. The van der Waals surface area contributed by atoms with Crippen LogP contribution in [0.25, 0.3) is 0 Å². The average molecular weight is 495 g/mol. The molecule has 1 unspecified atom stereocenters. The van der Waals surface area contributed by atoms with Crippen LogP contribution in [-0.4, -0.2) is 42.7 Å². The fourth-order valence-electron chi connectivity index (χ4n) is 3.94. The summed E-state index contributed by atoms with van der Waals surface area (Å²) in [5, 5.41) is 14.8. The van der Waals surface area contributed by atoms with E-state index in [9.17, 15) is 24.5 Å². The molecular formula is C26H26N2O8. The van der Waals surface area contributed by atoms with Gasteiger partial charge in [0.2, 0.25) is 0 Å². The molecule has 3 rings (SSSR count). The molecule has 0 amide bonds. The van der Waals surface area contributed by atoms with Crippen LogP contribution in [0.2, 0.25) is 0 Å². The molecule has 1 heterocycles. The van der Waals surface area contributed by atoms with Crippen LogP contribution in [0.15, 0.2) is 77.1 Å². The van der Waals surface area contributed by atoms with Crippen molar-refractivity contribution in [1.82, 2.24) is 5.32 Å². The van der Waals surface area contributed by atoms with Crippen molar-refractivity contribution in [3.63, 3.8) is 0 Å². The molecule has 36 heavy (non-hydrogen) atoms. The number of ether oxygens (including phenoxy) is 3. The first kappa shape index (κ1) is 26.1. The molecule has 0 radical (unpaired) electrons. The second-order valence-corrected chi connectivity index (χ2v) is 7.69. The zero-order valence-electron chi connectivity index (χ0n) is 20.1. The van der Waals surface area contributed by atoms with E-state index in [-0.39, 0.29) is 47.9 Å². The molecule has 0 saturated carbocycles. The first-order valence-corrected chi connectivity index (χ1v) is 11.3. The first-order chi connectivity index (χ1) is 17.3. The fraction of sp³-hybridized carbons (Fsp3) is 0.269. The topological polar surface area (TPSA) is 134 Å². The number of nitrogens with zero attached hydrogens (tertiary/aromatic N) is 1. The number of para-hydroxylation sites is 1. The third kappa shape index (κ3) is 5.60. The molecule has 10 heteroatoms. The van der Waals surface area contributed by atoms with E-state index in [1.165, 1.54) is 18.2 Å². The van der Waals surface area contributed by atoms with Crippen molar-refractivity contribution in [1.29, 1.82) is 0 Å². The number of hydrogen-bond acceptors (Lipinski definition) is 9. The van der Waals surface area contributed by atoms with Crippen molar-refractivity contribution in [3.05, 3.63) is 98.4 Å². The molecule has 1 aliphatic rings. The molecule has 0 aliphatic carbocycles. The maximum Gasteiger partial charge on any atom is 0.338 e. The van der Waals surface area contributed by atoms with Crippen LogP contribution in [0.4, 0.5) is 5.69 Å². The predicted molar refractivity (Wildman–Crippen MR) is 129 cm³/mol. The van der Waals surface area contributed by atoms with E-state index in [1.807, 2.05) is 0 Å². The lowest BCUT2D eigenvalue weighted by molar-refractivity contribution is -0.385. The molecule has 0 saturated heterocycles. The summed E-state index contributed by atoms with van der Waals surface area (Å²) in [4.78, 5) is 50.1. The molecule has 0 aromatic heterocycles. The molecule has 0 spiro atoms. The number of carbonyl (C=O) groups is 3. The van der Waals surface area contributed by atoms with Gasteiger partial charge in [-0.25, -0.2) is 14.4 Å². The van der Waals surface area contributed by atoms with Gasteiger partial charge in [0.1, 0.15) is 6.61 Å². The van der Waals surface area contributed by atoms with Gasteiger partial charge in [-0.2, -0.15) is 0 Å². The maximum absolute atomic E-state index is 13.2. The van der Waals surface area contributed by atoms with Gasteiger partial charge in [-0.05, 0) is 32.9 Å². The molecule has 0 bridgehead atoms. The van der Waals surface area contributed by atoms with Crippen LogP contribution in [0.3, 0.4) is 0 Å². The number of hydrogen-bond donors (Lipinski definition) is 1. The smallest absolute Gasteiger partial charge is 0.338 e. The zero-order valence-corrected chi connectivity index (χ0v) is 20.1. The average Bonchev–Trinajstić information content (AvgIpc) is 2.87. The Morgan fingerprint density at radius 1 is 0.861 bits per heavy atom. The molecule has 1 N–H and O–H groups in total. The largest absolute Gasteiger partial charge is 0.463 e. The van der Waals surface area contributed by atoms with Gasteiger partial charge in [-0.15, -0.1) is 0 Å². The predicted octanol–water partition coefficient (Wildman–Crippen LogP) is 3.79. The monoisotopic (exact) mass is 494 g/mol. The van der Waals surface area contributed by atoms with E-state index >= 15 is 0 Å². The van der Waals surface area contributed by atoms with Gasteiger partial charge in [0, 0.05) is 17.3 Å². The van der Waals surface area contributed by atoms with Gasteiger partial charge in [0.15, 0.2) is 0 Å². The van der Waals surface area contributed by atoms with Gasteiger partial charge in [-0.3, -0.25) is 10.1 Å². The Kier molecular flexibility index (Phi) is 8.56. The lowest BCUT2D eigenvalue weighted by atomic mass is 9.79. The van der Waals surface area contributed by atoms with Crippen molar-refractivity contribution >= 4 is 23.6 Å². The van der Waals surface area contributed by atoms with Gasteiger partial charge >= 0.3 is 17.9 Å². The van der Waals surface area contributed by atoms with Crippen molar-refractivity contribution in [2.24, 2.45) is 0 Å². The van der Waals surface area contributed by atoms with E-state index in [0.717, 1.165) is 0 Å². The Morgan fingerprint density at radius 3 is 2.06 bits per heavy atom. The third-order valence-corrected chi connectivity index (χ3v) is 5.44. The van der Waals surface area contributed by atoms with Crippen LogP contribution in [0.1, 0.15) is 42.6 Å². The summed E-state index contributed by atoms with van der Waals surface area (Å²) in [7, 11) is 0. The Bertz CT molecular complexity index is 1230. The minimum Gasteiger partial charge on any atom is -0.463 e. The molecule has 1 aliphatic heterocycles. The summed E-state index contributed by atoms with van der Waals surface area (Å²) in [5.41, 5.74) is 0.499.